The monoisotopic (exact) mass is 600 g/mol. The molecule has 47 heavy (non-hydrogen) atoms. The molecule has 0 saturated heterocycles. The molecule has 2 aliphatic heterocycles. The molecule has 1 spiro atoms. The maximum absolute atomic E-state index is 7.16. The van der Waals surface area contributed by atoms with Gasteiger partial charge in [0.25, 0.3) is 0 Å². The van der Waals surface area contributed by atoms with Crippen LogP contribution in [0.4, 0.5) is 0 Å². The first kappa shape index (κ1) is 25.2. The number of para-hydroxylation sites is 5. The Morgan fingerprint density at radius 2 is 1.06 bits per heavy atom. The molecule has 220 valence electrons. The Hall–Kier alpha value is -6.06. The lowest BCUT2D eigenvalue weighted by atomic mass is 9.61. The zero-order chi connectivity index (χ0) is 30.9. The van der Waals surface area contributed by atoms with Crippen molar-refractivity contribution in [2.75, 3.05) is 0 Å². The second kappa shape index (κ2) is 8.80. The first-order valence-electron chi connectivity index (χ1n) is 16.3. The second-order valence-electron chi connectivity index (χ2n) is 12.9. The molecule has 4 heterocycles. The maximum Gasteiger partial charge on any atom is 0.156 e. The van der Waals surface area contributed by atoms with Crippen molar-refractivity contribution in [2.45, 2.75) is 12.3 Å². The fraction of sp³-hybridized carbons (Fsp3) is 0.0455. The summed E-state index contributed by atoms with van der Waals surface area (Å²) in [6.45, 7) is 2.14. The highest BCUT2D eigenvalue weighted by Crippen LogP contribution is 2.61. The van der Waals surface area contributed by atoms with Crippen molar-refractivity contribution < 1.29 is 4.74 Å². The molecular weight excluding hydrogens is 572 g/mol. The van der Waals surface area contributed by atoms with Gasteiger partial charge >= 0.3 is 0 Å². The lowest BCUT2D eigenvalue weighted by molar-refractivity contribution is 0.438. The summed E-state index contributed by atoms with van der Waals surface area (Å²) in [4.78, 5) is 0. The van der Waals surface area contributed by atoms with Crippen LogP contribution in [0, 0.1) is 6.92 Å². The zero-order valence-corrected chi connectivity index (χ0v) is 25.7. The maximum atomic E-state index is 7.16. The highest BCUT2D eigenvalue weighted by atomic mass is 16.5. The average Bonchev–Trinajstić information content (AvgIpc) is 3.65. The van der Waals surface area contributed by atoms with Crippen LogP contribution in [0.2, 0.25) is 0 Å². The quantitative estimate of drug-likeness (QED) is 0.183. The topological polar surface area (TPSA) is 19.1 Å². The minimum absolute atomic E-state index is 0.604. The molecule has 2 aliphatic rings. The number of aromatic nitrogens is 2. The van der Waals surface area contributed by atoms with Crippen molar-refractivity contribution in [3.05, 3.63) is 179 Å². The highest BCUT2D eigenvalue weighted by Gasteiger charge is 2.51. The first-order valence-corrected chi connectivity index (χ1v) is 16.3. The van der Waals surface area contributed by atoms with Gasteiger partial charge in [-0.2, -0.15) is 0 Å². The van der Waals surface area contributed by atoms with Crippen LogP contribution < -0.4 is 4.74 Å². The molecule has 2 aromatic heterocycles. The Morgan fingerprint density at radius 3 is 1.87 bits per heavy atom. The van der Waals surface area contributed by atoms with Gasteiger partial charge in [0.15, 0.2) is 5.75 Å². The summed E-state index contributed by atoms with van der Waals surface area (Å²) >= 11 is 0. The molecule has 9 aromatic rings. The molecule has 11 rings (SSSR count). The number of fused-ring (bicyclic) bond motifs is 15. The smallest absolute Gasteiger partial charge is 0.156 e. The Kier molecular flexibility index (Phi) is 4.71. The number of rotatable bonds is 1. The van der Waals surface area contributed by atoms with Crippen molar-refractivity contribution in [3.8, 4) is 22.9 Å². The molecule has 1 unspecified atom stereocenters. The van der Waals surface area contributed by atoms with Crippen LogP contribution in [-0.2, 0) is 5.41 Å². The molecule has 0 N–H and O–H groups in total. The van der Waals surface area contributed by atoms with E-state index in [1.807, 2.05) is 0 Å². The van der Waals surface area contributed by atoms with Crippen molar-refractivity contribution in [3.63, 3.8) is 0 Å². The van der Waals surface area contributed by atoms with E-state index < -0.39 is 5.41 Å². The summed E-state index contributed by atoms with van der Waals surface area (Å²) in [5.74, 6) is 1.80. The number of ether oxygens (including phenoxy) is 1. The summed E-state index contributed by atoms with van der Waals surface area (Å²) in [5.41, 5.74) is 12.6. The van der Waals surface area contributed by atoms with E-state index in [9.17, 15) is 0 Å². The van der Waals surface area contributed by atoms with Crippen LogP contribution in [0.5, 0.6) is 11.5 Å². The van der Waals surface area contributed by atoms with E-state index in [0.29, 0.717) is 0 Å². The van der Waals surface area contributed by atoms with Crippen LogP contribution in [0.15, 0.2) is 152 Å². The molecule has 0 fully saturated rings. The van der Waals surface area contributed by atoms with Gasteiger partial charge < -0.3 is 13.9 Å². The van der Waals surface area contributed by atoms with Crippen molar-refractivity contribution in [1.29, 1.82) is 0 Å². The third-order valence-electron chi connectivity index (χ3n) is 10.6. The second-order valence-corrected chi connectivity index (χ2v) is 12.9. The van der Waals surface area contributed by atoms with Gasteiger partial charge in [-0.25, -0.2) is 0 Å². The minimum Gasteiger partial charge on any atom is -0.454 e. The molecule has 0 radical (unpaired) electrons. The molecular formula is C44H28N2O. The number of aryl methyl sites for hydroxylation is 1. The lowest BCUT2D eigenvalue weighted by Crippen LogP contribution is -2.37. The van der Waals surface area contributed by atoms with Gasteiger partial charge in [-0.05, 0) is 54.4 Å². The highest BCUT2D eigenvalue weighted by molar-refractivity contribution is 6.14. The first-order chi connectivity index (χ1) is 23.2. The van der Waals surface area contributed by atoms with E-state index in [4.69, 9.17) is 4.74 Å². The number of nitrogens with zero attached hydrogens (tertiary/aromatic N) is 2. The molecule has 0 bridgehead atoms. The average molecular weight is 601 g/mol. The van der Waals surface area contributed by atoms with Gasteiger partial charge in [0.05, 0.1) is 33.2 Å². The molecule has 3 heteroatoms. The number of hydrogen-bond acceptors (Lipinski definition) is 1. The van der Waals surface area contributed by atoms with Gasteiger partial charge in [0, 0.05) is 38.4 Å². The summed E-state index contributed by atoms with van der Waals surface area (Å²) < 4.78 is 12.0. The third kappa shape index (κ3) is 2.98. The number of hydrogen-bond donors (Lipinski definition) is 0. The molecule has 3 nitrogen and oxygen atoms in total. The van der Waals surface area contributed by atoms with Crippen molar-refractivity contribution in [2.24, 2.45) is 0 Å². The third-order valence-corrected chi connectivity index (χ3v) is 10.6. The summed E-state index contributed by atoms with van der Waals surface area (Å²) in [5, 5.41) is 4.94. The summed E-state index contributed by atoms with van der Waals surface area (Å²) in [6.07, 6.45) is 0. The van der Waals surface area contributed by atoms with E-state index in [1.165, 1.54) is 66.0 Å². The van der Waals surface area contributed by atoms with E-state index >= 15 is 0 Å². The predicted octanol–water partition coefficient (Wildman–Crippen LogP) is 11.0. The van der Waals surface area contributed by atoms with Crippen molar-refractivity contribution in [1.82, 2.24) is 9.13 Å². The summed E-state index contributed by atoms with van der Waals surface area (Å²) in [7, 11) is 0. The Bertz CT molecular complexity index is 2780. The summed E-state index contributed by atoms with van der Waals surface area (Å²) in [6, 6.07) is 55.6. The van der Waals surface area contributed by atoms with Crippen LogP contribution in [0.25, 0.3) is 55.0 Å². The minimum atomic E-state index is -0.604. The van der Waals surface area contributed by atoms with Gasteiger partial charge in [0.1, 0.15) is 5.75 Å². The van der Waals surface area contributed by atoms with E-state index in [0.717, 1.165) is 28.3 Å². The standard InChI is InChI=1S/C44H28N2O/c1-27-21-23-28(24-22-27)45-37-17-6-2-12-30(37)32-25-26-36-43(42(32)45)47-40-20-9-5-15-34(40)44(36)33-14-4-8-19-39(33)46-38-18-7-3-11-29(38)31-13-10-16-35(44)41(31)46/h2-26H,1H3. The number of benzene rings is 7. The van der Waals surface area contributed by atoms with Crippen LogP contribution in [-0.4, -0.2) is 9.13 Å². The fourth-order valence-corrected chi connectivity index (χ4v) is 8.79. The Labute approximate surface area is 271 Å². The van der Waals surface area contributed by atoms with Crippen LogP contribution in [0.3, 0.4) is 0 Å². The zero-order valence-electron chi connectivity index (χ0n) is 25.7. The van der Waals surface area contributed by atoms with Gasteiger partial charge in [-0.3, -0.25) is 0 Å². The predicted molar refractivity (Wildman–Crippen MR) is 192 cm³/mol. The largest absolute Gasteiger partial charge is 0.454 e. The van der Waals surface area contributed by atoms with Crippen LogP contribution in [0.1, 0.15) is 27.8 Å². The van der Waals surface area contributed by atoms with Gasteiger partial charge in [0.2, 0.25) is 0 Å². The van der Waals surface area contributed by atoms with Gasteiger partial charge in [-0.15, -0.1) is 0 Å². The fourth-order valence-electron chi connectivity index (χ4n) is 8.79. The van der Waals surface area contributed by atoms with E-state index in [2.05, 4.69) is 168 Å². The molecule has 0 amide bonds. The lowest BCUT2D eigenvalue weighted by Gasteiger charge is -2.45. The Morgan fingerprint density at radius 1 is 0.447 bits per heavy atom. The molecule has 1 atom stereocenters. The van der Waals surface area contributed by atoms with E-state index in [-0.39, 0.29) is 0 Å². The normalized spacial score (nSPS) is 16.0. The van der Waals surface area contributed by atoms with Gasteiger partial charge in [-0.1, -0.05) is 121 Å². The SMILES string of the molecule is Cc1ccc(-n2c3ccccc3c3ccc4c(c32)Oc2ccccc2C42c3ccccc3-n3c4ccccc4c4cccc2c43)cc1. The molecule has 0 aliphatic carbocycles. The van der Waals surface area contributed by atoms with E-state index in [1.54, 1.807) is 0 Å². The Balaban J connectivity index is 1.38. The molecule has 0 saturated carbocycles. The molecule has 7 aromatic carbocycles. The van der Waals surface area contributed by atoms with Crippen molar-refractivity contribution >= 4 is 43.6 Å². The van der Waals surface area contributed by atoms with Crippen LogP contribution >= 0.6 is 0 Å².